The van der Waals surface area contributed by atoms with Crippen LogP contribution < -0.4 is 0 Å². The van der Waals surface area contributed by atoms with Crippen LogP contribution in [0, 0.1) is 11.3 Å². The molecule has 0 aliphatic carbocycles. The normalized spacial score (nSPS) is 10.6. The van der Waals surface area contributed by atoms with Crippen molar-refractivity contribution < 1.29 is 4.79 Å². The zero-order valence-electron chi connectivity index (χ0n) is 15.5. The van der Waals surface area contributed by atoms with E-state index in [1.165, 1.54) is 16.7 Å². The van der Waals surface area contributed by atoms with Gasteiger partial charge in [0.25, 0.3) is 0 Å². The van der Waals surface area contributed by atoms with E-state index >= 15 is 0 Å². The lowest BCUT2D eigenvalue weighted by Crippen LogP contribution is -2.29. The Morgan fingerprint density at radius 2 is 1.97 bits per heavy atom. The van der Waals surface area contributed by atoms with Crippen LogP contribution in [0.25, 0.3) is 17.1 Å². The van der Waals surface area contributed by atoms with E-state index < -0.39 is 0 Å². The van der Waals surface area contributed by atoms with E-state index in [2.05, 4.69) is 10.2 Å². The third kappa shape index (κ3) is 5.10. The molecule has 0 spiro atoms. The maximum Gasteiger partial charge on any atom is 0.232 e. The van der Waals surface area contributed by atoms with Gasteiger partial charge in [0.15, 0.2) is 11.0 Å². The van der Waals surface area contributed by atoms with Crippen LogP contribution in [0.4, 0.5) is 0 Å². The molecule has 0 unspecified atom stereocenters. The zero-order valence-corrected chi connectivity index (χ0v) is 17.9. The van der Waals surface area contributed by atoms with E-state index in [1.807, 2.05) is 41.0 Å². The molecule has 0 fully saturated rings. The highest BCUT2D eigenvalue weighted by Crippen LogP contribution is 2.33. The summed E-state index contributed by atoms with van der Waals surface area (Å²) in [6, 6.07) is 16.8. The van der Waals surface area contributed by atoms with E-state index in [-0.39, 0.29) is 11.7 Å². The van der Waals surface area contributed by atoms with Crippen LogP contribution in [0.15, 0.2) is 53.7 Å². The van der Waals surface area contributed by atoms with Crippen molar-refractivity contribution in [1.82, 2.24) is 19.7 Å². The lowest BCUT2D eigenvalue weighted by atomic mass is 10.2. The molecular formula is C20H17Cl2N5OS. The van der Waals surface area contributed by atoms with Crippen molar-refractivity contribution in [3.8, 4) is 23.1 Å². The minimum absolute atomic E-state index is 0.0843. The lowest BCUT2D eigenvalue weighted by Gasteiger charge is -2.15. The third-order valence-corrected chi connectivity index (χ3v) is 5.59. The Morgan fingerprint density at radius 3 is 2.66 bits per heavy atom. The lowest BCUT2D eigenvalue weighted by molar-refractivity contribution is -0.127. The molecule has 9 heteroatoms. The molecule has 0 saturated heterocycles. The fourth-order valence-corrected chi connectivity index (χ4v) is 3.98. The number of aromatic nitrogens is 3. The van der Waals surface area contributed by atoms with Gasteiger partial charge in [-0.25, -0.2) is 0 Å². The second-order valence-electron chi connectivity index (χ2n) is 6.11. The van der Waals surface area contributed by atoms with Crippen LogP contribution in [-0.2, 0) is 4.79 Å². The average molecular weight is 446 g/mol. The molecule has 0 aliphatic rings. The number of carbonyl (C=O) groups excluding carboxylic acids is 1. The first-order chi connectivity index (χ1) is 14.0. The van der Waals surface area contributed by atoms with Gasteiger partial charge in [-0.2, -0.15) is 5.26 Å². The van der Waals surface area contributed by atoms with Gasteiger partial charge in [-0.05, 0) is 30.3 Å². The maximum absolute atomic E-state index is 12.3. The molecule has 0 N–H and O–H groups in total. The highest BCUT2D eigenvalue weighted by atomic mass is 35.5. The largest absolute Gasteiger partial charge is 0.344 e. The number of carbonyl (C=O) groups is 1. The molecule has 0 saturated carbocycles. The molecule has 29 heavy (non-hydrogen) atoms. The first-order valence-electron chi connectivity index (χ1n) is 8.71. The van der Waals surface area contributed by atoms with Crippen molar-refractivity contribution in [2.45, 2.75) is 11.6 Å². The summed E-state index contributed by atoms with van der Waals surface area (Å²) in [7, 11) is 1.68. The number of hydrogen-bond acceptors (Lipinski definition) is 5. The molecule has 3 rings (SSSR count). The molecule has 0 radical (unpaired) electrons. The Kier molecular flexibility index (Phi) is 7.15. The number of nitrogens with zero attached hydrogens (tertiary/aromatic N) is 5. The summed E-state index contributed by atoms with van der Waals surface area (Å²) in [6.45, 7) is 0.396. The fraction of sp³-hybridized carbons (Fsp3) is 0.200. The summed E-state index contributed by atoms with van der Waals surface area (Å²) < 4.78 is 1.86. The molecule has 1 amide bonds. The summed E-state index contributed by atoms with van der Waals surface area (Å²) >= 11 is 13.7. The number of nitriles is 1. The highest BCUT2D eigenvalue weighted by Gasteiger charge is 2.20. The summed E-state index contributed by atoms with van der Waals surface area (Å²) in [4.78, 5) is 13.9. The Hall–Kier alpha value is -2.53. The minimum Gasteiger partial charge on any atom is -0.344 e. The standard InChI is InChI=1S/C20H17Cl2N5OS/c1-26(11-5-10-23)18(28)13-29-20-25-24-19(16-9-8-14(21)12-17(16)22)27(20)15-6-3-2-4-7-15/h2-4,6-9,12H,5,11,13H2,1H3. The second-order valence-corrected chi connectivity index (χ2v) is 7.90. The van der Waals surface area contributed by atoms with Gasteiger partial charge in [-0.1, -0.05) is 53.2 Å². The van der Waals surface area contributed by atoms with Gasteiger partial charge in [0, 0.05) is 29.9 Å². The fourth-order valence-electron chi connectivity index (χ4n) is 2.60. The molecule has 6 nitrogen and oxygen atoms in total. The van der Waals surface area contributed by atoms with Gasteiger partial charge < -0.3 is 4.90 Å². The summed E-state index contributed by atoms with van der Waals surface area (Å²) in [5, 5.41) is 18.9. The van der Waals surface area contributed by atoms with Gasteiger partial charge in [0.1, 0.15) is 0 Å². The number of rotatable bonds is 7. The third-order valence-electron chi connectivity index (χ3n) is 4.13. The van der Waals surface area contributed by atoms with E-state index in [1.54, 1.807) is 25.2 Å². The van der Waals surface area contributed by atoms with Crippen molar-refractivity contribution in [3.63, 3.8) is 0 Å². The second kappa shape index (κ2) is 9.79. The Labute approximate surface area is 183 Å². The molecule has 3 aromatic rings. The Morgan fingerprint density at radius 1 is 1.21 bits per heavy atom. The number of amides is 1. The number of halogens is 2. The summed E-state index contributed by atoms with van der Waals surface area (Å²) in [5.41, 5.74) is 1.54. The minimum atomic E-state index is -0.0843. The predicted octanol–water partition coefficient (Wildman–Crippen LogP) is 4.71. The van der Waals surface area contributed by atoms with Crippen LogP contribution in [0.1, 0.15) is 6.42 Å². The summed E-state index contributed by atoms with van der Waals surface area (Å²) in [5.74, 6) is 0.658. The van der Waals surface area contributed by atoms with Crippen molar-refractivity contribution in [2.75, 3.05) is 19.3 Å². The topological polar surface area (TPSA) is 74.8 Å². The quantitative estimate of drug-likeness (QED) is 0.492. The molecule has 148 valence electrons. The van der Waals surface area contributed by atoms with Gasteiger partial charge in [0.2, 0.25) is 5.91 Å². The number of thioether (sulfide) groups is 1. The van der Waals surface area contributed by atoms with Crippen molar-refractivity contribution >= 4 is 40.9 Å². The molecule has 0 atom stereocenters. The highest BCUT2D eigenvalue weighted by molar-refractivity contribution is 7.99. The SMILES string of the molecule is CN(CCC#N)C(=O)CSc1nnc(-c2ccc(Cl)cc2Cl)n1-c1ccccc1. The monoisotopic (exact) mass is 445 g/mol. The Bertz CT molecular complexity index is 1050. The predicted molar refractivity (Wildman–Crippen MR) is 115 cm³/mol. The summed E-state index contributed by atoms with van der Waals surface area (Å²) in [6.07, 6.45) is 0.298. The van der Waals surface area contributed by atoms with E-state index in [0.717, 1.165) is 5.69 Å². The first kappa shape index (κ1) is 21.2. The van der Waals surface area contributed by atoms with Crippen LogP contribution >= 0.6 is 35.0 Å². The molecule has 2 aromatic carbocycles. The van der Waals surface area contributed by atoms with Crippen molar-refractivity contribution in [1.29, 1.82) is 5.26 Å². The molecule has 0 bridgehead atoms. The van der Waals surface area contributed by atoms with E-state index in [4.69, 9.17) is 28.5 Å². The molecule has 0 aliphatic heterocycles. The van der Waals surface area contributed by atoms with Gasteiger partial charge in [-0.15, -0.1) is 10.2 Å². The van der Waals surface area contributed by atoms with Crippen LogP contribution in [-0.4, -0.2) is 44.9 Å². The van der Waals surface area contributed by atoms with Crippen LogP contribution in [0.5, 0.6) is 0 Å². The molecular weight excluding hydrogens is 429 g/mol. The molecule has 1 aromatic heterocycles. The number of benzene rings is 2. The zero-order chi connectivity index (χ0) is 20.8. The van der Waals surface area contributed by atoms with Gasteiger partial charge in [0.05, 0.1) is 23.3 Å². The first-order valence-corrected chi connectivity index (χ1v) is 10.5. The van der Waals surface area contributed by atoms with Gasteiger partial charge in [-0.3, -0.25) is 9.36 Å². The van der Waals surface area contributed by atoms with Gasteiger partial charge >= 0.3 is 0 Å². The smallest absolute Gasteiger partial charge is 0.232 e. The van der Waals surface area contributed by atoms with Crippen LogP contribution in [0.2, 0.25) is 10.0 Å². The molecule has 1 heterocycles. The van der Waals surface area contributed by atoms with Crippen LogP contribution in [0.3, 0.4) is 0 Å². The maximum atomic E-state index is 12.3. The number of hydrogen-bond donors (Lipinski definition) is 0. The van der Waals surface area contributed by atoms with Crippen molar-refractivity contribution in [2.24, 2.45) is 0 Å². The number of para-hydroxylation sites is 1. The van der Waals surface area contributed by atoms with E-state index in [0.29, 0.717) is 39.6 Å². The van der Waals surface area contributed by atoms with Crippen molar-refractivity contribution in [3.05, 3.63) is 58.6 Å². The van der Waals surface area contributed by atoms with E-state index in [9.17, 15) is 4.79 Å². The Balaban J connectivity index is 1.93. The average Bonchev–Trinajstić information content (AvgIpc) is 3.14.